The van der Waals surface area contributed by atoms with E-state index in [0.29, 0.717) is 30.5 Å². The highest BCUT2D eigenvalue weighted by atomic mass is 32.2. The van der Waals surface area contributed by atoms with Gasteiger partial charge in [0.1, 0.15) is 0 Å². The molecule has 9 nitrogen and oxygen atoms in total. The molecular weight excluding hydrogens is 558 g/mol. The average molecular weight is 581 g/mol. The van der Waals surface area contributed by atoms with Gasteiger partial charge in [-0.3, -0.25) is 4.79 Å². The largest absolute Gasteiger partial charge is 0.430 e. The summed E-state index contributed by atoms with van der Waals surface area (Å²) in [5, 5.41) is 12.0. The van der Waals surface area contributed by atoms with Gasteiger partial charge in [0.05, 0.1) is 4.90 Å². The van der Waals surface area contributed by atoms with E-state index in [1.807, 2.05) is 0 Å². The number of anilines is 1. The molecule has 1 unspecified atom stereocenters. The van der Waals surface area contributed by atoms with E-state index in [2.05, 4.69) is 10.0 Å². The third-order valence-electron chi connectivity index (χ3n) is 6.98. The van der Waals surface area contributed by atoms with Crippen LogP contribution < -0.4 is 15.8 Å². The van der Waals surface area contributed by atoms with Crippen LogP contribution in [0.5, 0.6) is 0 Å². The van der Waals surface area contributed by atoms with E-state index in [4.69, 9.17) is 5.73 Å². The number of rotatable bonds is 6. The van der Waals surface area contributed by atoms with Gasteiger partial charge in [0, 0.05) is 17.8 Å². The molecule has 1 atom stereocenters. The third kappa shape index (κ3) is 4.39. The normalized spacial score (nSPS) is 20.1. The minimum Gasteiger partial charge on any atom is -0.369 e. The summed E-state index contributed by atoms with van der Waals surface area (Å²) in [5.41, 5.74) is -2.39. The molecule has 0 radical (unpaired) electrons. The number of nitrogens with zero attached hydrogens (tertiary/aromatic N) is 1. The van der Waals surface area contributed by atoms with Crippen LogP contribution in [0.15, 0.2) is 47.4 Å². The van der Waals surface area contributed by atoms with E-state index >= 15 is 0 Å². The van der Waals surface area contributed by atoms with Gasteiger partial charge >= 0.3 is 18.4 Å². The maximum absolute atomic E-state index is 13.7. The summed E-state index contributed by atoms with van der Waals surface area (Å²) < 4.78 is 106. The third-order valence-corrected chi connectivity index (χ3v) is 8.39. The van der Waals surface area contributed by atoms with Crippen molar-refractivity contribution in [2.75, 3.05) is 12.4 Å². The Bertz CT molecular complexity index is 1410. The van der Waals surface area contributed by atoms with Crippen molar-refractivity contribution in [3.05, 3.63) is 59.2 Å². The number of hydrogen-bond acceptors (Lipinski definition) is 5. The molecule has 2 aliphatic rings. The predicted molar refractivity (Wildman–Crippen MR) is 123 cm³/mol. The first-order valence-corrected chi connectivity index (χ1v) is 12.8. The second-order valence-corrected chi connectivity index (χ2v) is 11.1. The van der Waals surface area contributed by atoms with Crippen LogP contribution in [0.1, 0.15) is 29.5 Å². The second kappa shape index (κ2) is 9.09. The number of carbonyl (C=O) groups excluding carboxylic acids is 2. The number of carbonyl (C=O) groups is 2. The summed E-state index contributed by atoms with van der Waals surface area (Å²) in [6, 6.07) is 5.17. The highest BCUT2D eigenvalue weighted by Gasteiger charge is 2.71. The van der Waals surface area contributed by atoms with E-state index in [1.54, 1.807) is 0 Å². The molecule has 2 aromatic carbocycles. The Morgan fingerprint density at radius 3 is 2.05 bits per heavy atom. The van der Waals surface area contributed by atoms with E-state index in [1.165, 1.54) is 25.2 Å². The minimum atomic E-state index is -6.08. The van der Waals surface area contributed by atoms with Gasteiger partial charge in [-0.05, 0) is 61.2 Å². The Balaban J connectivity index is 1.74. The summed E-state index contributed by atoms with van der Waals surface area (Å²) in [7, 11) is -2.67. The molecule has 1 aliphatic heterocycles. The molecule has 0 spiro atoms. The fourth-order valence-electron chi connectivity index (χ4n) is 4.93. The number of primary amides is 1. The lowest BCUT2D eigenvalue weighted by Crippen LogP contribution is -2.56. The molecular formula is C23H22F6N4O5S. The summed E-state index contributed by atoms with van der Waals surface area (Å²) in [6.07, 6.45) is -11.2. The van der Waals surface area contributed by atoms with Crippen molar-refractivity contribution in [3.63, 3.8) is 0 Å². The number of halogens is 6. The van der Waals surface area contributed by atoms with Gasteiger partial charge in [0.2, 0.25) is 10.0 Å². The first-order valence-electron chi connectivity index (χ1n) is 11.3. The highest BCUT2D eigenvalue weighted by Crippen LogP contribution is 2.55. The number of amides is 3. The fourth-order valence-corrected chi connectivity index (χ4v) is 5.71. The van der Waals surface area contributed by atoms with Gasteiger partial charge in [-0.2, -0.15) is 26.3 Å². The second-order valence-electron chi connectivity index (χ2n) is 9.23. The lowest BCUT2D eigenvalue weighted by Gasteiger charge is -2.37. The SMILES string of the molecule is CNS(=O)(=O)c1ccc2c(c1)CN(C(N)=O)C2(C(=O)Nc1ccc(C(O)(C(F)(F)F)C(F)(F)F)cc1)C1CC1. The standard InChI is InChI=1S/C23H22F6N4O5S/c1-31-39(37,38)16-8-9-17-12(10-16)11-33(19(30)35)20(17,13-2-3-13)18(34)32-15-6-4-14(5-7-15)21(36,22(24,25)26)23(27,28)29/h4-10,13,31,36H,2-3,11H2,1H3,(H2,30,35)(H,32,34). The lowest BCUT2D eigenvalue weighted by molar-refractivity contribution is -0.376. The van der Waals surface area contributed by atoms with Crippen molar-refractivity contribution in [2.24, 2.45) is 11.7 Å². The molecule has 39 heavy (non-hydrogen) atoms. The first kappa shape index (κ1) is 28.6. The summed E-state index contributed by atoms with van der Waals surface area (Å²) >= 11 is 0. The van der Waals surface area contributed by atoms with Gasteiger partial charge in [-0.25, -0.2) is 17.9 Å². The van der Waals surface area contributed by atoms with Crippen LogP contribution >= 0.6 is 0 Å². The molecule has 3 amide bonds. The molecule has 0 saturated heterocycles. The molecule has 16 heteroatoms. The quantitative estimate of drug-likeness (QED) is 0.389. The highest BCUT2D eigenvalue weighted by molar-refractivity contribution is 7.89. The van der Waals surface area contributed by atoms with Crippen molar-refractivity contribution >= 4 is 27.6 Å². The molecule has 2 aromatic rings. The Hall–Kier alpha value is -3.37. The Morgan fingerprint density at radius 2 is 1.59 bits per heavy atom. The molecule has 0 bridgehead atoms. The summed E-state index contributed by atoms with van der Waals surface area (Å²) in [6.45, 7) is -0.217. The number of fused-ring (bicyclic) bond motifs is 1. The van der Waals surface area contributed by atoms with Gasteiger partial charge in [0.25, 0.3) is 11.5 Å². The van der Waals surface area contributed by atoms with E-state index in [9.17, 15) is 49.5 Å². The topological polar surface area (TPSA) is 142 Å². The number of aliphatic hydroxyl groups is 1. The first-order chi connectivity index (χ1) is 17.9. The Morgan fingerprint density at radius 1 is 1.03 bits per heavy atom. The van der Waals surface area contributed by atoms with Crippen LogP contribution in [-0.4, -0.2) is 49.8 Å². The van der Waals surface area contributed by atoms with Crippen molar-refractivity contribution in [3.8, 4) is 0 Å². The van der Waals surface area contributed by atoms with E-state index in [0.717, 1.165) is 17.0 Å². The van der Waals surface area contributed by atoms with Gasteiger partial charge in [-0.15, -0.1) is 0 Å². The van der Waals surface area contributed by atoms with Crippen LogP contribution in [-0.2, 0) is 32.5 Å². The molecule has 1 saturated carbocycles. The zero-order chi connectivity index (χ0) is 29.2. The van der Waals surface area contributed by atoms with Gasteiger partial charge in [-0.1, -0.05) is 18.2 Å². The summed E-state index contributed by atoms with van der Waals surface area (Å²) in [5.74, 6) is -1.29. The number of nitrogens with two attached hydrogens (primary N) is 1. The maximum Gasteiger partial charge on any atom is 0.430 e. The van der Waals surface area contributed by atoms with E-state index in [-0.39, 0.29) is 22.7 Å². The molecule has 1 aliphatic carbocycles. The zero-order valence-corrected chi connectivity index (χ0v) is 20.8. The van der Waals surface area contributed by atoms with Crippen molar-refractivity contribution in [2.45, 2.75) is 47.8 Å². The molecule has 1 fully saturated rings. The van der Waals surface area contributed by atoms with E-state index < -0.39 is 56.9 Å². The number of urea groups is 1. The minimum absolute atomic E-state index is 0.127. The van der Waals surface area contributed by atoms with Gasteiger partial charge in [0.15, 0.2) is 5.54 Å². The van der Waals surface area contributed by atoms with Crippen LogP contribution in [0.2, 0.25) is 0 Å². The van der Waals surface area contributed by atoms with Crippen LogP contribution in [0.25, 0.3) is 0 Å². The zero-order valence-electron chi connectivity index (χ0n) is 20.0. The number of nitrogens with one attached hydrogen (secondary N) is 2. The summed E-state index contributed by atoms with van der Waals surface area (Å²) in [4.78, 5) is 27.1. The predicted octanol–water partition coefficient (Wildman–Crippen LogP) is 3.05. The molecule has 0 aromatic heterocycles. The van der Waals surface area contributed by atoms with Crippen molar-refractivity contribution in [1.82, 2.24) is 9.62 Å². The smallest absolute Gasteiger partial charge is 0.369 e. The van der Waals surface area contributed by atoms with Crippen LogP contribution in [0.4, 0.5) is 36.8 Å². The number of hydrogen-bond donors (Lipinski definition) is 4. The number of alkyl halides is 6. The molecule has 4 rings (SSSR count). The van der Waals surface area contributed by atoms with Crippen molar-refractivity contribution in [1.29, 1.82) is 0 Å². The van der Waals surface area contributed by atoms with Crippen molar-refractivity contribution < 1.29 is 49.5 Å². The monoisotopic (exact) mass is 580 g/mol. The van der Waals surface area contributed by atoms with Gasteiger partial charge < -0.3 is 21.1 Å². The number of benzene rings is 2. The molecule has 212 valence electrons. The Labute approximate surface area is 218 Å². The average Bonchev–Trinajstić information content (AvgIpc) is 3.63. The number of sulfonamides is 1. The van der Waals surface area contributed by atoms with Crippen LogP contribution in [0, 0.1) is 5.92 Å². The molecule has 1 heterocycles. The lowest BCUT2D eigenvalue weighted by atomic mass is 9.83. The van der Waals surface area contributed by atoms with Crippen LogP contribution in [0.3, 0.4) is 0 Å². The maximum atomic E-state index is 13.7. The fraction of sp³-hybridized carbons (Fsp3) is 0.391. The molecule has 5 N–H and O–H groups in total. The Kier molecular flexibility index (Phi) is 6.68.